The minimum atomic E-state index is -0.0887. The Bertz CT molecular complexity index is 553. The first kappa shape index (κ1) is 12.7. The summed E-state index contributed by atoms with van der Waals surface area (Å²) in [5.74, 6) is 0.680. The first-order valence-electron chi connectivity index (χ1n) is 5.65. The molecule has 9 nitrogen and oxygen atoms in total. The van der Waals surface area contributed by atoms with Crippen LogP contribution < -0.4 is 16.4 Å². The van der Waals surface area contributed by atoms with Crippen LogP contribution in [0.15, 0.2) is 18.5 Å². The van der Waals surface area contributed by atoms with Gasteiger partial charge in [-0.05, 0) is 6.07 Å². The molecule has 0 aliphatic heterocycles. The Kier molecular flexibility index (Phi) is 3.86. The second-order valence-electron chi connectivity index (χ2n) is 3.68. The van der Waals surface area contributed by atoms with Gasteiger partial charge in [-0.25, -0.2) is 4.68 Å². The molecule has 0 radical (unpaired) electrons. The highest BCUT2D eigenvalue weighted by atomic mass is 16.1. The van der Waals surface area contributed by atoms with Crippen LogP contribution in [0.3, 0.4) is 0 Å². The third-order valence-electron chi connectivity index (χ3n) is 2.13. The predicted octanol–water partition coefficient (Wildman–Crippen LogP) is -0.812. The molecule has 0 aliphatic rings. The summed E-state index contributed by atoms with van der Waals surface area (Å²) in [5.41, 5.74) is 5.60. The molecule has 1 amide bonds. The molecule has 2 aromatic rings. The zero-order valence-corrected chi connectivity index (χ0v) is 10.4. The Morgan fingerprint density at radius 2 is 2.21 bits per heavy atom. The molecule has 9 heteroatoms. The van der Waals surface area contributed by atoms with Crippen LogP contribution >= 0.6 is 0 Å². The van der Waals surface area contributed by atoms with Crippen molar-refractivity contribution >= 4 is 17.8 Å². The van der Waals surface area contributed by atoms with E-state index in [1.165, 1.54) is 11.6 Å². The van der Waals surface area contributed by atoms with E-state index in [9.17, 15) is 4.79 Å². The standard InChI is InChI=1S/C10H14N8O/c1-7(19)12-4-5-13-9-15-8(11)16-10(17-9)18-6-2-3-14-18/h2-3,6H,4-5H2,1H3,(H,12,19)(H3,11,13,15,16,17). The summed E-state index contributed by atoms with van der Waals surface area (Å²) in [7, 11) is 0. The van der Waals surface area contributed by atoms with Gasteiger partial charge in [-0.3, -0.25) is 4.79 Å². The van der Waals surface area contributed by atoms with Crippen LogP contribution in [0.5, 0.6) is 0 Å². The number of nitrogens with one attached hydrogen (secondary N) is 2. The molecule has 2 rings (SSSR count). The van der Waals surface area contributed by atoms with Gasteiger partial charge in [-0.1, -0.05) is 0 Å². The molecule has 0 spiro atoms. The minimum absolute atomic E-state index is 0.0887. The molecule has 19 heavy (non-hydrogen) atoms. The summed E-state index contributed by atoms with van der Waals surface area (Å²) in [5, 5.41) is 9.61. The predicted molar refractivity (Wildman–Crippen MR) is 68.5 cm³/mol. The highest BCUT2D eigenvalue weighted by Crippen LogP contribution is 2.05. The van der Waals surface area contributed by atoms with E-state index >= 15 is 0 Å². The van der Waals surface area contributed by atoms with E-state index in [1.807, 2.05) is 0 Å². The average molecular weight is 262 g/mol. The van der Waals surface area contributed by atoms with Gasteiger partial charge in [0.1, 0.15) is 0 Å². The number of rotatable bonds is 5. The fourth-order valence-corrected chi connectivity index (χ4v) is 1.36. The number of nitrogens with zero attached hydrogens (tertiary/aromatic N) is 5. The number of nitrogens with two attached hydrogens (primary N) is 1. The van der Waals surface area contributed by atoms with Gasteiger partial charge < -0.3 is 16.4 Å². The Balaban J connectivity index is 2.03. The van der Waals surface area contributed by atoms with Gasteiger partial charge >= 0.3 is 0 Å². The van der Waals surface area contributed by atoms with Gasteiger partial charge in [0.25, 0.3) is 5.95 Å². The first-order valence-corrected chi connectivity index (χ1v) is 5.65. The smallest absolute Gasteiger partial charge is 0.257 e. The van der Waals surface area contributed by atoms with Gasteiger partial charge in [0.2, 0.25) is 17.8 Å². The fraction of sp³-hybridized carbons (Fsp3) is 0.300. The first-order chi connectivity index (χ1) is 9.15. The van der Waals surface area contributed by atoms with Crippen LogP contribution in [-0.2, 0) is 4.79 Å². The van der Waals surface area contributed by atoms with Crippen molar-refractivity contribution in [1.29, 1.82) is 0 Å². The van der Waals surface area contributed by atoms with Crippen LogP contribution in [0.25, 0.3) is 5.95 Å². The average Bonchev–Trinajstić information content (AvgIpc) is 2.87. The zero-order chi connectivity index (χ0) is 13.7. The van der Waals surface area contributed by atoms with Gasteiger partial charge in [0, 0.05) is 32.4 Å². The van der Waals surface area contributed by atoms with Crippen molar-refractivity contribution in [3.63, 3.8) is 0 Å². The second kappa shape index (κ2) is 5.76. The van der Waals surface area contributed by atoms with E-state index in [2.05, 4.69) is 30.7 Å². The molecule has 0 aromatic carbocycles. The number of hydrogen-bond acceptors (Lipinski definition) is 7. The molecule has 0 saturated heterocycles. The lowest BCUT2D eigenvalue weighted by molar-refractivity contribution is -0.118. The molecule has 4 N–H and O–H groups in total. The highest BCUT2D eigenvalue weighted by molar-refractivity contribution is 5.72. The third kappa shape index (κ3) is 3.63. The maximum Gasteiger partial charge on any atom is 0.257 e. The molecule has 0 unspecified atom stereocenters. The number of amides is 1. The van der Waals surface area contributed by atoms with Crippen LogP contribution in [0.4, 0.5) is 11.9 Å². The van der Waals surface area contributed by atoms with Crippen molar-refractivity contribution in [2.45, 2.75) is 6.92 Å². The van der Waals surface area contributed by atoms with Crippen molar-refractivity contribution < 1.29 is 4.79 Å². The van der Waals surface area contributed by atoms with E-state index in [0.29, 0.717) is 25.0 Å². The molecule has 2 heterocycles. The van der Waals surface area contributed by atoms with Gasteiger partial charge in [-0.2, -0.15) is 20.1 Å². The largest absolute Gasteiger partial charge is 0.368 e. The van der Waals surface area contributed by atoms with Gasteiger partial charge in [0.05, 0.1) is 0 Å². The van der Waals surface area contributed by atoms with E-state index in [-0.39, 0.29) is 11.9 Å². The van der Waals surface area contributed by atoms with Crippen molar-refractivity contribution in [3.8, 4) is 5.95 Å². The highest BCUT2D eigenvalue weighted by Gasteiger charge is 2.05. The summed E-state index contributed by atoms with van der Waals surface area (Å²) in [6.45, 7) is 2.41. The van der Waals surface area contributed by atoms with Gasteiger partial charge in [0.15, 0.2) is 0 Å². The summed E-state index contributed by atoms with van der Waals surface area (Å²) in [4.78, 5) is 22.8. The third-order valence-corrected chi connectivity index (χ3v) is 2.13. The topological polar surface area (TPSA) is 124 Å². The molecular formula is C10H14N8O. The Morgan fingerprint density at radius 1 is 1.37 bits per heavy atom. The van der Waals surface area contributed by atoms with Crippen molar-refractivity contribution in [2.24, 2.45) is 0 Å². The van der Waals surface area contributed by atoms with E-state index in [4.69, 9.17) is 5.73 Å². The monoisotopic (exact) mass is 262 g/mol. The number of anilines is 2. The molecular weight excluding hydrogens is 248 g/mol. The van der Waals surface area contributed by atoms with Crippen LogP contribution in [0, 0.1) is 0 Å². The van der Waals surface area contributed by atoms with Crippen LogP contribution in [0.2, 0.25) is 0 Å². The lowest BCUT2D eigenvalue weighted by Crippen LogP contribution is -2.27. The summed E-state index contributed by atoms with van der Waals surface area (Å²) in [6, 6.07) is 1.75. The van der Waals surface area contributed by atoms with E-state index in [0.717, 1.165) is 0 Å². The Hall–Kier alpha value is -2.71. The number of carbonyl (C=O) groups is 1. The SMILES string of the molecule is CC(=O)NCCNc1nc(N)nc(-n2cccn2)n1. The normalized spacial score (nSPS) is 10.2. The van der Waals surface area contributed by atoms with Crippen molar-refractivity contribution in [2.75, 3.05) is 24.1 Å². The summed E-state index contributed by atoms with van der Waals surface area (Å²) < 4.78 is 1.48. The molecule has 100 valence electrons. The number of carbonyl (C=O) groups excluding carboxylic acids is 1. The maximum atomic E-state index is 10.7. The van der Waals surface area contributed by atoms with Crippen LogP contribution in [0.1, 0.15) is 6.92 Å². The number of hydrogen-bond donors (Lipinski definition) is 3. The fourth-order valence-electron chi connectivity index (χ4n) is 1.36. The lowest BCUT2D eigenvalue weighted by Gasteiger charge is -2.07. The quantitative estimate of drug-likeness (QED) is 0.602. The Labute approximate surface area is 109 Å². The summed E-state index contributed by atoms with van der Waals surface area (Å²) in [6.07, 6.45) is 3.32. The van der Waals surface area contributed by atoms with Gasteiger partial charge in [-0.15, -0.1) is 0 Å². The second-order valence-corrected chi connectivity index (χ2v) is 3.68. The van der Waals surface area contributed by atoms with E-state index < -0.39 is 0 Å². The number of nitrogen functional groups attached to an aromatic ring is 1. The summed E-state index contributed by atoms with van der Waals surface area (Å²) >= 11 is 0. The molecule has 0 aliphatic carbocycles. The Morgan fingerprint density at radius 3 is 2.89 bits per heavy atom. The van der Waals surface area contributed by atoms with Crippen molar-refractivity contribution in [1.82, 2.24) is 30.0 Å². The van der Waals surface area contributed by atoms with Crippen LogP contribution in [-0.4, -0.2) is 43.7 Å². The molecule has 0 saturated carbocycles. The lowest BCUT2D eigenvalue weighted by atomic mass is 10.6. The zero-order valence-electron chi connectivity index (χ0n) is 10.4. The molecule has 0 fully saturated rings. The minimum Gasteiger partial charge on any atom is -0.368 e. The molecule has 0 atom stereocenters. The molecule has 0 bridgehead atoms. The van der Waals surface area contributed by atoms with E-state index in [1.54, 1.807) is 18.5 Å². The maximum absolute atomic E-state index is 10.7. The molecule has 2 aromatic heterocycles. The number of aromatic nitrogens is 5. The van der Waals surface area contributed by atoms with Crippen molar-refractivity contribution in [3.05, 3.63) is 18.5 Å².